The van der Waals surface area contributed by atoms with Gasteiger partial charge in [0, 0.05) is 16.8 Å². The lowest BCUT2D eigenvalue weighted by molar-refractivity contribution is -0.162. The quantitative estimate of drug-likeness (QED) is 0.573. The molecule has 2 aromatic carbocycles. The third-order valence-corrected chi connectivity index (χ3v) is 4.62. The highest BCUT2D eigenvalue weighted by molar-refractivity contribution is 6.31. The lowest BCUT2D eigenvalue weighted by Crippen LogP contribution is -2.34. The van der Waals surface area contributed by atoms with Gasteiger partial charge in [0.1, 0.15) is 5.82 Å². The zero-order valence-electron chi connectivity index (χ0n) is 15.7. The molecule has 0 fully saturated rings. The number of para-hydroxylation sites is 1. The van der Waals surface area contributed by atoms with Crippen LogP contribution in [-0.4, -0.2) is 26.5 Å². The van der Waals surface area contributed by atoms with E-state index in [1.54, 1.807) is 4.68 Å². The number of nitrogens with zero attached hydrogens (tertiary/aromatic N) is 2. The molecule has 0 atom stereocenters. The summed E-state index contributed by atoms with van der Waals surface area (Å²) < 4.78 is 7.33. The normalized spacial score (nSPS) is 11.4. The molecule has 7 heteroatoms. The van der Waals surface area contributed by atoms with Crippen LogP contribution in [0.2, 0.25) is 5.02 Å². The number of anilines is 2. The van der Waals surface area contributed by atoms with Crippen LogP contribution >= 0.6 is 11.6 Å². The Kier molecular flexibility index (Phi) is 6.02. The molecule has 146 valence electrons. The maximum absolute atomic E-state index is 11.3. The summed E-state index contributed by atoms with van der Waals surface area (Å²) in [5.74, 6) is -0.261. The average Bonchev–Trinajstić information content (AvgIpc) is 3.04. The van der Waals surface area contributed by atoms with Crippen LogP contribution in [0, 0.1) is 0 Å². The van der Waals surface area contributed by atoms with Crippen molar-refractivity contribution >= 4 is 29.1 Å². The van der Waals surface area contributed by atoms with Gasteiger partial charge in [0.15, 0.2) is 5.60 Å². The Labute approximate surface area is 168 Å². The van der Waals surface area contributed by atoms with E-state index in [2.05, 4.69) is 10.4 Å². The number of carboxylic acid groups (broad SMARTS) is 1. The maximum atomic E-state index is 11.3. The van der Waals surface area contributed by atoms with Crippen LogP contribution in [0.15, 0.2) is 60.7 Å². The number of ether oxygens (including phenoxy) is 1. The summed E-state index contributed by atoms with van der Waals surface area (Å²) in [7, 11) is 0. The van der Waals surface area contributed by atoms with Crippen LogP contribution in [-0.2, 0) is 22.7 Å². The third-order valence-electron chi connectivity index (χ3n) is 4.25. The number of carbonyl (C=O) groups is 1. The highest BCUT2D eigenvalue weighted by Gasteiger charge is 2.28. The van der Waals surface area contributed by atoms with Gasteiger partial charge in [-0.1, -0.05) is 48.0 Å². The van der Waals surface area contributed by atoms with Crippen molar-refractivity contribution in [2.45, 2.75) is 32.6 Å². The van der Waals surface area contributed by atoms with Crippen LogP contribution in [0.5, 0.6) is 0 Å². The van der Waals surface area contributed by atoms with Gasteiger partial charge in [-0.25, -0.2) is 9.48 Å². The van der Waals surface area contributed by atoms with Crippen molar-refractivity contribution in [2.24, 2.45) is 0 Å². The summed E-state index contributed by atoms with van der Waals surface area (Å²) in [5, 5.41) is 17.8. The van der Waals surface area contributed by atoms with Gasteiger partial charge in [0.25, 0.3) is 0 Å². The Morgan fingerprint density at radius 2 is 1.86 bits per heavy atom. The lowest BCUT2D eigenvalue weighted by Gasteiger charge is -2.19. The first kappa shape index (κ1) is 19.9. The molecule has 0 aliphatic rings. The average molecular weight is 400 g/mol. The fourth-order valence-electron chi connectivity index (χ4n) is 2.54. The molecule has 2 N–H and O–H groups in total. The number of hydrogen-bond acceptors (Lipinski definition) is 4. The number of aliphatic carboxylic acids is 1. The highest BCUT2D eigenvalue weighted by atomic mass is 35.5. The van der Waals surface area contributed by atoms with Crippen LogP contribution in [0.4, 0.5) is 11.5 Å². The molecule has 0 bridgehead atoms. The molecule has 3 rings (SSSR count). The molecule has 0 saturated carbocycles. The number of benzene rings is 2. The molecule has 1 heterocycles. The summed E-state index contributed by atoms with van der Waals surface area (Å²) in [4.78, 5) is 11.3. The van der Waals surface area contributed by atoms with E-state index in [1.165, 1.54) is 13.8 Å². The van der Waals surface area contributed by atoms with Gasteiger partial charge in [0.05, 0.1) is 18.8 Å². The van der Waals surface area contributed by atoms with Crippen LogP contribution in [0.1, 0.15) is 25.1 Å². The second kappa shape index (κ2) is 8.46. The number of carboxylic acids is 1. The molecule has 0 amide bonds. The zero-order valence-corrected chi connectivity index (χ0v) is 16.5. The minimum atomic E-state index is -1.29. The van der Waals surface area contributed by atoms with Crippen LogP contribution in [0.25, 0.3) is 0 Å². The topological polar surface area (TPSA) is 76.4 Å². The number of aromatic nitrogens is 2. The molecule has 0 unspecified atom stereocenters. The van der Waals surface area contributed by atoms with E-state index in [0.29, 0.717) is 17.3 Å². The summed E-state index contributed by atoms with van der Waals surface area (Å²) >= 11 is 6.30. The zero-order chi connectivity index (χ0) is 20.1. The Bertz CT molecular complexity index is 955. The summed E-state index contributed by atoms with van der Waals surface area (Å²) in [5.41, 5.74) is 1.18. The van der Waals surface area contributed by atoms with Crippen LogP contribution < -0.4 is 5.32 Å². The first-order valence-corrected chi connectivity index (χ1v) is 9.22. The minimum Gasteiger partial charge on any atom is -0.479 e. The van der Waals surface area contributed by atoms with Gasteiger partial charge in [0.2, 0.25) is 0 Å². The van der Waals surface area contributed by atoms with Crippen molar-refractivity contribution in [3.63, 3.8) is 0 Å². The van der Waals surface area contributed by atoms with E-state index in [-0.39, 0.29) is 6.61 Å². The standard InChI is InChI=1S/C21H22ClN3O3/c1-21(2,20(26)27)28-14-17-12-19(23-16-9-4-3-5-10-16)25(24-17)13-15-8-6-7-11-18(15)22/h3-12,23H,13-14H2,1-2H3,(H,26,27). The monoisotopic (exact) mass is 399 g/mol. The molecular formula is C21H22ClN3O3. The highest BCUT2D eigenvalue weighted by Crippen LogP contribution is 2.23. The lowest BCUT2D eigenvalue weighted by atomic mass is 10.1. The molecule has 28 heavy (non-hydrogen) atoms. The number of halogens is 1. The Morgan fingerprint density at radius 3 is 2.54 bits per heavy atom. The fraction of sp³-hybridized carbons (Fsp3) is 0.238. The van der Waals surface area contributed by atoms with Crippen molar-refractivity contribution in [2.75, 3.05) is 5.32 Å². The maximum Gasteiger partial charge on any atom is 0.335 e. The van der Waals surface area contributed by atoms with Crippen molar-refractivity contribution in [1.82, 2.24) is 9.78 Å². The van der Waals surface area contributed by atoms with Gasteiger partial charge < -0.3 is 15.2 Å². The summed E-state index contributed by atoms with van der Waals surface area (Å²) in [6.07, 6.45) is 0. The fourth-order valence-corrected chi connectivity index (χ4v) is 2.73. The Morgan fingerprint density at radius 1 is 1.18 bits per heavy atom. The molecule has 0 spiro atoms. The van der Waals surface area contributed by atoms with Gasteiger partial charge >= 0.3 is 5.97 Å². The number of nitrogens with one attached hydrogen (secondary N) is 1. The molecule has 0 aliphatic heterocycles. The van der Waals surface area contributed by atoms with E-state index < -0.39 is 11.6 Å². The second-order valence-electron chi connectivity index (χ2n) is 6.87. The van der Waals surface area contributed by atoms with E-state index in [0.717, 1.165) is 17.1 Å². The predicted octanol–water partition coefficient (Wildman–Crippen LogP) is 4.71. The van der Waals surface area contributed by atoms with E-state index in [1.807, 2.05) is 60.7 Å². The number of rotatable bonds is 8. The molecule has 3 aromatic rings. The smallest absolute Gasteiger partial charge is 0.335 e. The van der Waals surface area contributed by atoms with Gasteiger partial charge in [-0.2, -0.15) is 5.10 Å². The minimum absolute atomic E-state index is 0.0816. The Balaban J connectivity index is 1.86. The molecule has 1 aromatic heterocycles. The summed E-state index contributed by atoms with van der Waals surface area (Å²) in [6, 6.07) is 19.2. The van der Waals surface area contributed by atoms with E-state index >= 15 is 0 Å². The van der Waals surface area contributed by atoms with Crippen molar-refractivity contribution in [3.8, 4) is 0 Å². The molecule has 6 nitrogen and oxygen atoms in total. The Hall–Kier alpha value is -2.83. The van der Waals surface area contributed by atoms with Crippen molar-refractivity contribution < 1.29 is 14.6 Å². The third kappa shape index (κ3) is 4.91. The van der Waals surface area contributed by atoms with Crippen molar-refractivity contribution in [1.29, 1.82) is 0 Å². The molecule has 0 saturated heterocycles. The molecular weight excluding hydrogens is 378 g/mol. The van der Waals surface area contributed by atoms with Crippen LogP contribution in [0.3, 0.4) is 0 Å². The predicted molar refractivity (Wildman–Crippen MR) is 109 cm³/mol. The van der Waals surface area contributed by atoms with E-state index in [9.17, 15) is 9.90 Å². The molecule has 0 radical (unpaired) electrons. The summed E-state index contributed by atoms with van der Waals surface area (Å²) in [6.45, 7) is 3.58. The van der Waals surface area contributed by atoms with Crippen molar-refractivity contribution in [3.05, 3.63) is 76.9 Å². The SMILES string of the molecule is CC(C)(OCc1cc(Nc2ccccc2)n(Cc2ccccc2Cl)n1)C(=O)O. The van der Waals surface area contributed by atoms with Gasteiger partial charge in [-0.05, 0) is 37.6 Å². The van der Waals surface area contributed by atoms with E-state index in [4.69, 9.17) is 16.3 Å². The second-order valence-corrected chi connectivity index (χ2v) is 7.27. The first-order valence-electron chi connectivity index (χ1n) is 8.85. The molecule has 0 aliphatic carbocycles. The number of hydrogen-bond donors (Lipinski definition) is 2. The largest absolute Gasteiger partial charge is 0.479 e. The van der Waals surface area contributed by atoms with Gasteiger partial charge in [-0.3, -0.25) is 0 Å². The van der Waals surface area contributed by atoms with Gasteiger partial charge in [-0.15, -0.1) is 0 Å². The first-order chi connectivity index (χ1) is 13.3.